The fourth-order valence-corrected chi connectivity index (χ4v) is 6.05. The molecule has 2 aromatic carbocycles. The summed E-state index contributed by atoms with van der Waals surface area (Å²) in [4.78, 5) is 8.33. The van der Waals surface area contributed by atoms with Crippen molar-refractivity contribution in [3.05, 3.63) is 71.8 Å². The van der Waals surface area contributed by atoms with E-state index >= 15 is 0 Å². The third-order valence-corrected chi connectivity index (χ3v) is 8.64. The molecule has 0 atom stereocenters. The number of unbranched alkanes of at least 4 members (excludes halogenated alkanes) is 6. The lowest BCUT2D eigenvalue weighted by molar-refractivity contribution is -0.941. The van der Waals surface area contributed by atoms with Gasteiger partial charge in [-0.1, -0.05) is 141 Å². The topological polar surface area (TPSA) is 63.2 Å². The van der Waals surface area contributed by atoms with Crippen molar-refractivity contribution in [2.75, 3.05) is 39.3 Å². The summed E-state index contributed by atoms with van der Waals surface area (Å²) in [6, 6.07) is 22.2. The fourth-order valence-electron chi connectivity index (χ4n) is 6.05. The molecule has 0 N–H and O–H groups in total. The van der Waals surface area contributed by atoms with Gasteiger partial charge in [0.2, 0.25) is 0 Å². The zero-order valence-corrected chi connectivity index (χ0v) is 29.5. The summed E-state index contributed by atoms with van der Waals surface area (Å²) < 4.78 is 2.61. The number of carboxylic acid groups (broad SMARTS) is 2. The number of rotatable bonds is 22. The molecule has 44 heavy (non-hydrogen) atoms. The van der Waals surface area contributed by atoms with E-state index < -0.39 is 6.16 Å². The van der Waals surface area contributed by atoms with Crippen LogP contribution in [0.25, 0.3) is 0 Å². The lowest BCUT2D eigenvalue weighted by Gasteiger charge is -2.39. The Morgan fingerprint density at radius 1 is 0.455 bits per heavy atom. The Balaban J connectivity index is 0.000000749. The molecule has 2 rings (SSSR count). The first-order chi connectivity index (χ1) is 21.3. The van der Waals surface area contributed by atoms with E-state index in [4.69, 9.17) is 15.0 Å². The van der Waals surface area contributed by atoms with E-state index in [-0.39, 0.29) is 0 Å². The molecule has 2 aromatic rings. The SMILES string of the molecule is CCCC[N+](CCCC)(CCCC)Cc1ccccc1.CCCC[N+](CCCC)(CCCC)Cc1ccccc1.O=C([O-])[O-]. The smallest absolute Gasteiger partial charge is 0.104 e. The summed E-state index contributed by atoms with van der Waals surface area (Å²) in [7, 11) is 0. The van der Waals surface area contributed by atoms with Crippen LogP contribution in [0.3, 0.4) is 0 Å². The quantitative estimate of drug-likeness (QED) is 0.126. The zero-order chi connectivity index (χ0) is 32.9. The molecule has 5 heteroatoms. The van der Waals surface area contributed by atoms with Crippen LogP contribution in [0.5, 0.6) is 0 Å². The summed E-state index contributed by atoms with van der Waals surface area (Å²) in [5.74, 6) is 0. The van der Waals surface area contributed by atoms with Gasteiger partial charge in [0.25, 0.3) is 0 Å². The third-order valence-electron chi connectivity index (χ3n) is 8.64. The van der Waals surface area contributed by atoms with Crippen LogP contribution in [0.1, 0.15) is 130 Å². The number of hydrogen-bond donors (Lipinski definition) is 0. The van der Waals surface area contributed by atoms with Gasteiger partial charge in [-0.2, -0.15) is 0 Å². The number of hydrogen-bond acceptors (Lipinski definition) is 3. The van der Waals surface area contributed by atoms with Crippen molar-refractivity contribution in [3.63, 3.8) is 0 Å². The molecular formula is C39H68N2O3. The third kappa shape index (κ3) is 20.6. The van der Waals surface area contributed by atoms with Crippen molar-refractivity contribution in [1.82, 2.24) is 0 Å². The van der Waals surface area contributed by atoms with E-state index in [0.29, 0.717) is 0 Å². The van der Waals surface area contributed by atoms with Crippen molar-refractivity contribution < 1.29 is 24.0 Å². The Morgan fingerprint density at radius 2 is 0.659 bits per heavy atom. The lowest BCUT2D eigenvalue weighted by Crippen LogP contribution is -2.49. The van der Waals surface area contributed by atoms with Gasteiger partial charge in [-0.05, 0) is 44.7 Å². The van der Waals surface area contributed by atoms with Crippen molar-refractivity contribution >= 4 is 6.16 Å². The van der Waals surface area contributed by atoms with Gasteiger partial charge in [-0.25, -0.2) is 0 Å². The Kier molecular flexibility index (Phi) is 25.5. The van der Waals surface area contributed by atoms with Crippen LogP contribution in [-0.2, 0) is 13.1 Å². The summed E-state index contributed by atoms with van der Waals surface area (Å²) in [5.41, 5.74) is 3.02. The number of carbonyl (C=O) groups excluding carboxylic acids is 1. The first-order valence-corrected chi connectivity index (χ1v) is 17.9. The molecule has 0 radical (unpaired) electrons. The largest absolute Gasteiger partial charge is 0.652 e. The van der Waals surface area contributed by atoms with Crippen LogP contribution in [0.2, 0.25) is 0 Å². The number of quaternary nitrogens is 2. The first-order valence-electron chi connectivity index (χ1n) is 17.9. The molecule has 5 nitrogen and oxygen atoms in total. The highest BCUT2D eigenvalue weighted by atomic mass is 16.6. The fraction of sp³-hybridized carbons (Fsp3) is 0.667. The average molecular weight is 613 g/mol. The minimum atomic E-state index is -2.33. The highest BCUT2D eigenvalue weighted by molar-refractivity contribution is 5.47. The van der Waals surface area contributed by atoms with E-state index in [9.17, 15) is 0 Å². The maximum absolute atomic E-state index is 8.33. The average Bonchev–Trinajstić information content (AvgIpc) is 3.03. The van der Waals surface area contributed by atoms with Gasteiger partial charge in [-0.3, -0.25) is 0 Å². The molecule has 0 aliphatic carbocycles. The first kappa shape index (κ1) is 41.6. The van der Waals surface area contributed by atoms with Crippen molar-refractivity contribution in [3.8, 4) is 0 Å². The Hall–Kier alpha value is -2.37. The monoisotopic (exact) mass is 613 g/mol. The number of carbonyl (C=O) groups is 1. The summed E-state index contributed by atoms with van der Waals surface area (Å²) in [6.07, 6.45) is 13.7. The van der Waals surface area contributed by atoms with Crippen LogP contribution in [0.4, 0.5) is 4.79 Å². The van der Waals surface area contributed by atoms with Gasteiger partial charge in [0.15, 0.2) is 0 Å². The molecule has 0 saturated carbocycles. The highest BCUT2D eigenvalue weighted by Crippen LogP contribution is 2.21. The van der Waals surface area contributed by atoms with Crippen molar-refractivity contribution in [2.24, 2.45) is 0 Å². The van der Waals surface area contributed by atoms with Crippen LogP contribution in [-0.4, -0.2) is 54.4 Å². The second kappa shape index (κ2) is 27.0. The molecule has 0 heterocycles. The molecule has 0 saturated heterocycles. The van der Waals surface area contributed by atoms with Crippen molar-refractivity contribution in [1.29, 1.82) is 0 Å². The number of benzene rings is 2. The summed E-state index contributed by atoms with van der Waals surface area (Å²) in [5, 5.41) is 16.7. The van der Waals surface area contributed by atoms with E-state index in [1.54, 1.807) is 0 Å². The molecule has 0 aliphatic heterocycles. The molecule has 0 fully saturated rings. The molecule has 0 amide bonds. The van der Waals surface area contributed by atoms with Crippen molar-refractivity contribution in [2.45, 2.75) is 132 Å². The predicted octanol–water partition coefficient (Wildman–Crippen LogP) is 8.36. The Morgan fingerprint density at radius 3 is 0.841 bits per heavy atom. The van der Waals surface area contributed by atoms with Crippen LogP contribution in [0, 0.1) is 0 Å². The van der Waals surface area contributed by atoms with Gasteiger partial charge in [0, 0.05) is 11.1 Å². The van der Waals surface area contributed by atoms with Gasteiger partial charge >= 0.3 is 0 Å². The normalized spacial score (nSPS) is 11.2. The summed E-state index contributed by atoms with van der Waals surface area (Å²) >= 11 is 0. The highest BCUT2D eigenvalue weighted by Gasteiger charge is 2.27. The van der Waals surface area contributed by atoms with Gasteiger partial charge in [0.05, 0.1) is 39.3 Å². The van der Waals surface area contributed by atoms with Gasteiger partial charge in [-0.15, -0.1) is 0 Å². The minimum Gasteiger partial charge on any atom is -0.652 e. The Bertz CT molecular complexity index is 787. The van der Waals surface area contributed by atoms with E-state index in [1.807, 2.05) is 0 Å². The summed E-state index contributed by atoms with van der Waals surface area (Å²) in [6.45, 7) is 24.5. The van der Waals surface area contributed by atoms with E-state index in [1.165, 1.54) is 150 Å². The van der Waals surface area contributed by atoms with Crippen LogP contribution < -0.4 is 10.2 Å². The molecule has 0 aliphatic rings. The molecule has 0 bridgehead atoms. The zero-order valence-electron chi connectivity index (χ0n) is 29.5. The maximum atomic E-state index is 8.33. The molecular weight excluding hydrogens is 544 g/mol. The second-order valence-corrected chi connectivity index (χ2v) is 12.7. The van der Waals surface area contributed by atoms with Crippen LogP contribution in [0.15, 0.2) is 60.7 Å². The van der Waals surface area contributed by atoms with E-state index in [2.05, 4.69) is 102 Å². The molecule has 252 valence electrons. The number of nitrogens with zero attached hydrogens (tertiary/aromatic N) is 2. The lowest BCUT2D eigenvalue weighted by atomic mass is 10.1. The van der Waals surface area contributed by atoms with Gasteiger partial charge in [0.1, 0.15) is 13.1 Å². The minimum absolute atomic E-state index is 1.22. The molecule has 0 aromatic heterocycles. The standard InChI is InChI=1S/2C19H34N.CH2O3/c2*1-4-7-15-20(16-8-5-2,17-9-6-3)18-19-13-11-10-12-14-19;2-1(3)4/h2*10-14H,4-9,15-18H2,1-3H3;(H2,2,3,4)/q2*+1;/p-2. The van der Waals surface area contributed by atoms with Crippen LogP contribution >= 0.6 is 0 Å². The molecule has 0 spiro atoms. The predicted molar refractivity (Wildman–Crippen MR) is 185 cm³/mol. The Labute approximate surface area is 272 Å². The maximum Gasteiger partial charge on any atom is 0.104 e. The second-order valence-electron chi connectivity index (χ2n) is 12.7. The van der Waals surface area contributed by atoms with E-state index in [0.717, 1.165) is 0 Å². The van der Waals surface area contributed by atoms with Gasteiger partial charge < -0.3 is 24.0 Å². The molecule has 0 unspecified atom stereocenters.